The molecule has 0 radical (unpaired) electrons. The van der Waals surface area contributed by atoms with Crippen molar-refractivity contribution >= 4 is 11.7 Å². The normalized spacial score (nSPS) is 19.0. The summed E-state index contributed by atoms with van der Waals surface area (Å²) in [6.45, 7) is 2.82. The van der Waals surface area contributed by atoms with E-state index < -0.39 is 0 Å². The van der Waals surface area contributed by atoms with Crippen molar-refractivity contribution in [3.63, 3.8) is 0 Å². The lowest BCUT2D eigenvalue weighted by Crippen LogP contribution is -2.45. The number of nitrogens with one attached hydrogen (secondary N) is 1. The number of likely N-dealkylation sites (N-methyl/N-ethyl adjacent to an activating group) is 1. The number of nitrogens with zero attached hydrogens (tertiary/aromatic N) is 1. The molecule has 5 nitrogen and oxygen atoms in total. The molecule has 1 unspecified atom stereocenters. The van der Waals surface area contributed by atoms with E-state index in [0.29, 0.717) is 37.8 Å². The van der Waals surface area contributed by atoms with Crippen molar-refractivity contribution in [1.29, 1.82) is 0 Å². The van der Waals surface area contributed by atoms with Gasteiger partial charge < -0.3 is 10.1 Å². The molecule has 0 saturated heterocycles. The Labute approximate surface area is 109 Å². The lowest BCUT2D eigenvalue weighted by Gasteiger charge is -2.30. The second-order valence-electron chi connectivity index (χ2n) is 5.11. The van der Waals surface area contributed by atoms with E-state index in [4.69, 9.17) is 4.74 Å². The Kier molecular flexibility index (Phi) is 6.29. The molecule has 1 fully saturated rings. The number of hydrogen-bond donors (Lipinski definition) is 1. The summed E-state index contributed by atoms with van der Waals surface area (Å²) in [7, 11) is 3.56. The van der Waals surface area contributed by atoms with Crippen LogP contribution in [0, 0.1) is 0 Å². The van der Waals surface area contributed by atoms with E-state index in [1.807, 2.05) is 18.9 Å². The van der Waals surface area contributed by atoms with Crippen molar-refractivity contribution in [2.24, 2.45) is 0 Å². The van der Waals surface area contributed by atoms with Crippen LogP contribution in [0.5, 0.6) is 0 Å². The zero-order valence-corrected chi connectivity index (χ0v) is 11.6. The lowest BCUT2D eigenvalue weighted by molar-refractivity contribution is -0.124. The molecule has 0 spiro atoms. The van der Waals surface area contributed by atoms with E-state index >= 15 is 0 Å². The van der Waals surface area contributed by atoms with Gasteiger partial charge in [0.2, 0.25) is 5.91 Å². The zero-order chi connectivity index (χ0) is 13.5. The van der Waals surface area contributed by atoms with Crippen LogP contribution in [-0.2, 0) is 14.3 Å². The summed E-state index contributed by atoms with van der Waals surface area (Å²) in [4.78, 5) is 25.0. The maximum absolute atomic E-state index is 11.8. The molecule has 1 rings (SSSR count). The number of rotatable bonds is 6. The quantitative estimate of drug-likeness (QED) is 0.755. The van der Waals surface area contributed by atoms with Gasteiger partial charge in [-0.15, -0.1) is 0 Å². The minimum Gasteiger partial charge on any atom is -0.383 e. The molecule has 1 aliphatic rings. The van der Waals surface area contributed by atoms with Crippen LogP contribution < -0.4 is 5.32 Å². The minimum atomic E-state index is 0.0129. The van der Waals surface area contributed by atoms with E-state index in [1.165, 1.54) is 0 Å². The molecule has 0 aromatic rings. The molecule has 104 valence electrons. The zero-order valence-electron chi connectivity index (χ0n) is 11.6. The Morgan fingerprint density at radius 1 is 1.50 bits per heavy atom. The Hall–Kier alpha value is -0.940. The lowest BCUT2D eigenvalue weighted by atomic mass is 9.93. The van der Waals surface area contributed by atoms with Gasteiger partial charge in [0.25, 0.3) is 0 Å². The van der Waals surface area contributed by atoms with Gasteiger partial charge in [0.05, 0.1) is 13.2 Å². The summed E-state index contributed by atoms with van der Waals surface area (Å²) in [6, 6.07) is 0.384. The summed E-state index contributed by atoms with van der Waals surface area (Å²) in [5.74, 6) is 0.358. The number of ether oxygens (including phenoxy) is 1. The first-order valence-electron chi connectivity index (χ1n) is 6.53. The van der Waals surface area contributed by atoms with E-state index in [1.54, 1.807) is 7.11 Å². The molecule has 0 heterocycles. The smallest absolute Gasteiger partial charge is 0.234 e. The highest BCUT2D eigenvalue weighted by molar-refractivity contribution is 5.79. The molecule has 0 bridgehead atoms. The average molecular weight is 256 g/mol. The first kappa shape index (κ1) is 15.1. The van der Waals surface area contributed by atoms with Gasteiger partial charge in [0.15, 0.2) is 0 Å². The Bertz CT molecular complexity index is 284. The molecule has 1 atom stereocenters. The van der Waals surface area contributed by atoms with Crippen LogP contribution in [0.2, 0.25) is 0 Å². The summed E-state index contributed by atoms with van der Waals surface area (Å²) in [5.41, 5.74) is 0. The fourth-order valence-corrected chi connectivity index (χ4v) is 2.33. The van der Waals surface area contributed by atoms with Crippen molar-refractivity contribution in [3.05, 3.63) is 0 Å². The van der Waals surface area contributed by atoms with E-state index in [-0.39, 0.29) is 11.9 Å². The summed E-state index contributed by atoms with van der Waals surface area (Å²) >= 11 is 0. The second-order valence-corrected chi connectivity index (χ2v) is 5.11. The predicted octanol–water partition coefficient (Wildman–Crippen LogP) is 0.581. The number of amides is 1. The first-order valence-corrected chi connectivity index (χ1v) is 6.53. The van der Waals surface area contributed by atoms with Gasteiger partial charge in [-0.1, -0.05) is 0 Å². The first-order chi connectivity index (χ1) is 8.52. The second kappa shape index (κ2) is 7.48. The average Bonchev–Trinajstić information content (AvgIpc) is 2.29. The van der Waals surface area contributed by atoms with Crippen LogP contribution in [-0.4, -0.2) is 56.0 Å². The number of hydrogen-bond acceptors (Lipinski definition) is 4. The van der Waals surface area contributed by atoms with Gasteiger partial charge in [-0.05, 0) is 26.8 Å². The van der Waals surface area contributed by atoms with Crippen molar-refractivity contribution in [2.45, 2.75) is 44.7 Å². The molecule has 0 aromatic carbocycles. The van der Waals surface area contributed by atoms with E-state index in [9.17, 15) is 9.59 Å². The van der Waals surface area contributed by atoms with Crippen LogP contribution in [0.1, 0.15) is 32.6 Å². The predicted molar refractivity (Wildman–Crippen MR) is 69.4 cm³/mol. The van der Waals surface area contributed by atoms with Gasteiger partial charge >= 0.3 is 0 Å². The Morgan fingerprint density at radius 2 is 2.11 bits per heavy atom. The number of methoxy groups -OCH3 is 1. The molecular weight excluding hydrogens is 232 g/mol. The molecule has 1 saturated carbocycles. The van der Waals surface area contributed by atoms with Crippen LogP contribution in [0.15, 0.2) is 0 Å². The van der Waals surface area contributed by atoms with Gasteiger partial charge in [-0.2, -0.15) is 0 Å². The third-order valence-corrected chi connectivity index (χ3v) is 3.35. The molecule has 1 N–H and O–H groups in total. The Morgan fingerprint density at radius 3 is 2.67 bits per heavy atom. The number of carbonyl (C=O) groups is 2. The van der Waals surface area contributed by atoms with Gasteiger partial charge in [-0.3, -0.25) is 14.5 Å². The third kappa shape index (κ3) is 5.14. The van der Waals surface area contributed by atoms with Crippen molar-refractivity contribution in [1.82, 2.24) is 10.2 Å². The van der Waals surface area contributed by atoms with E-state index in [2.05, 4.69) is 5.32 Å². The Balaban J connectivity index is 2.28. The topological polar surface area (TPSA) is 58.6 Å². The fraction of sp³-hybridized carbons (Fsp3) is 0.846. The van der Waals surface area contributed by atoms with Crippen LogP contribution in [0.4, 0.5) is 0 Å². The van der Waals surface area contributed by atoms with Gasteiger partial charge in [0.1, 0.15) is 5.78 Å². The van der Waals surface area contributed by atoms with Crippen LogP contribution in [0.25, 0.3) is 0 Å². The molecule has 0 aliphatic heterocycles. The van der Waals surface area contributed by atoms with Crippen LogP contribution >= 0.6 is 0 Å². The summed E-state index contributed by atoms with van der Waals surface area (Å²) in [6.07, 6.45) is 3.04. The standard InChI is InChI=1S/C13H24N2O3/c1-10(9-18-3)14-13(17)8-15(2)11-4-6-12(16)7-5-11/h10-11H,4-9H2,1-3H3,(H,14,17). The maximum atomic E-state index is 11.8. The monoisotopic (exact) mass is 256 g/mol. The highest BCUT2D eigenvalue weighted by Crippen LogP contribution is 2.18. The minimum absolute atomic E-state index is 0.0129. The summed E-state index contributed by atoms with van der Waals surface area (Å²) < 4.78 is 4.97. The number of carbonyl (C=O) groups excluding carboxylic acids is 2. The molecular formula is C13H24N2O3. The van der Waals surface area contributed by atoms with E-state index in [0.717, 1.165) is 12.8 Å². The number of ketones is 1. The van der Waals surface area contributed by atoms with Crippen LogP contribution in [0.3, 0.4) is 0 Å². The molecule has 0 aromatic heterocycles. The molecule has 1 aliphatic carbocycles. The molecule has 18 heavy (non-hydrogen) atoms. The summed E-state index contributed by atoms with van der Waals surface area (Å²) in [5, 5.41) is 2.89. The number of Topliss-reactive ketones (excluding diaryl/α,β-unsaturated/α-hetero) is 1. The van der Waals surface area contributed by atoms with Gasteiger partial charge in [0, 0.05) is 32.0 Å². The SMILES string of the molecule is COCC(C)NC(=O)CN(C)C1CCC(=O)CC1. The van der Waals surface area contributed by atoms with Crippen molar-refractivity contribution < 1.29 is 14.3 Å². The third-order valence-electron chi connectivity index (χ3n) is 3.35. The highest BCUT2D eigenvalue weighted by atomic mass is 16.5. The molecule has 1 amide bonds. The largest absolute Gasteiger partial charge is 0.383 e. The van der Waals surface area contributed by atoms with Crippen molar-refractivity contribution in [2.75, 3.05) is 27.3 Å². The van der Waals surface area contributed by atoms with Crippen molar-refractivity contribution in [3.8, 4) is 0 Å². The van der Waals surface area contributed by atoms with Gasteiger partial charge in [-0.25, -0.2) is 0 Å². The maximum Gasteiger partial charge on any atom is 0.234 e. The molecule has 5 heteroatoms. The highest BCUT2D eigenvalue weighted by Gasteiger charge is 2.23. The fourth-order valence-electron chi connectivity index (χ4n) is 2.33.